The number of anilines is 2. The van der Waals surface area contributed by atoms with Gasteiger partial charge in [-0.2, -0.15) is 0 Å². The van der Waals surface area contributed by atoms with Crippen molar-refractivity contribution in [2.75, 3.05) is 30.4 Å². The van der Waals surface area contributed by atoms with Gasteiger partial charge in [-0.25, -0.2) is 0 Å². The van der Waals surface area contributed by atoms with Crippen LogP contribution in [0.1, 0.15) is 12.0 Å². The maximum absolute atomic E-state index is 11.9. The first-order valence-electron chi connectivity index (χ1n) is 5.85. The lowest BCUT2D eigenvalue weighted by Crippen LogP contribution is -2.34. The summed E-state index contributed by atoms with van der Waals surface area (Å²) in [4.78, 5) is 15.7. The van der Waals surface area contributed by atoms with Gasteiger partial charge in [0.25, 0.3) is 0 Å². The molecule has 1 saturated heterocycles. The molecule has 1 unspecified atom stereocenters. The number of rotatable bonds is 2. The van der Waals surface area contributed by atoms with Gasteiger partial charge >= 0.3 is 0 Å². The molecule has 17 heavy (non-hydrogen) atoms. The molecule has 4 nitrogen and oxygen atoms in total. The average molecular weight is 233 g/mol. The molecule has 0 saturated carbocycles. The summed E-state index contributed by atoms with van der Waals surface area (Å²) in [6, 6.07) is 5.74. The van der Waals surface area contributed by atoms with E-state index in [0.717, 1.165) is 24.3 Å². The zero-order valence-corrected chi connectivity index (χ0v) is 10.6. The zero-order chi connectivity index (χ0) is 12.6. The number of nitrogens with zero attached hydrogens (tertiary/aromatic N) is 2. The molecule has 1 fully saturated rings. The van der Waals surface area contributed by atoms with Crippen molar-refractivity contribution in [2.45, 2.75) is 19.4 Å². The summed E-state index contributed by atoms with van der Waals surface area (Å²) in [5, 5.41) is 0. The topological polar surface area (TPSA) is 49.6 Å². The molecule has 0 radical (unpaired) electrons. The van der Waals surface area contributed by atoms with Gasteiger partial charge in [0.1, 0.15) is 0 Å². The third kappa shape index (κ3) is 2.13. The van der Waals surface area contributed by atoms with E-state index in [0.29, 0.717) is 0 Å². The number of carbonyl (C=O) groups excluding carboxylic acids is 1. The maximum Gasteiger partial charge on any atom is 0.243 e. The Morgan fingerprint density at radius 2 is 2.12 bits per heavy atom. The number of benzene rings is 1. The minimum atomic E-state index is -0.334. The molecule has 1 amide bonds. The van der Waals surface area contributed by atoms with E-state index in [1.165, 1.54) is 5.56 Å². The van der Waals surface area contributed by atoms with E-state index >= 15 is 0 Å². The number of nitrogens with two attached hydrogens (primary N) is 1. The minimum absolute atomic E-state index is 0.0264. The minimum Gasteiger partial charge on any atom is -0.377 e. The monoisotopic (exact) mass is 233 g/mol. The Bertz CT molecular complexity index is 442. The predicted molar refractivity (Wildman–Crippen MR) is 70.5 cm³/mol. The molecular weight excluding hydrogens is 214 g/mol. The number of hydrogen-bond donors (Lipinski definition) is 1. The van der Waals surface area contributed by atoms with Crippen molar-refractivity contribution in [1.29, 1.82) is 0 Å². The van der Waals surface area contributed by atoms with Crippen LogP contribution in [0.2, 0.25) is 0 Å². The maximum atomic E-state index is 11.9. The Kier molecular flexibility index (Phi) is 3.07. The Balaban J connectivity index is 2.34. The first-order chi connectivity index (χ1) is 8.00. The van der Waals surface area contributed by atoms with Crippen LogP contribution in [0.15, 0.2) is 18.2 Å². The number of hydrogen-bond acceptors (Lipinski definition) is 3. The van der Waals surface area contributed by atoms with E-state index in [4.69, 9.17) is 5.73 Å². The van der Waals surface area contributed by atoms with E-state index in [2.05, 4.69) is 11.8 Å². The van der Waals surface area contributed by atoms with Crippen LogP contribution in [0.25, 0.3) is 0 Å². The third-order valence-electron chi connectivity index (χ3n) is 3.23. The molecule has 1 aliphatic heterocycles. The first-order valence-corrected chi connectivity index (χ1v) is 5.85. The predicted octanol–water partition coefficient (Wildman–Crippen LogP) is 1.13. The van der Waals surface area contributed by atoms with Crippen LogP contribution >= 0.6 is 0 Å². The van der Waals surface area contributed by atoms with E-state index in [1.807, 2.05) is 32.3 Å². The quantitative estimate of drug-likeness (QED) is 0.833. The highest BCUT2D eigenvalue weighted by Crippen LogP contribution is 2.27. The Morgan fingerprint density at radius 3 is 2.65 bits per heavy atom. The summed E-state index contributed by atoms with van der Waals surface area (Å²) in [5.41, 5.74) is 9.01. The van der Waals surface area contributed by atoms with Crippen LogP contribution < -0.4 is 15.5 Å². The van der Waals surface area contributed by atoms with Crippen LogP contribution in [-0.2, 0) is 4.79 Å². The highest BCUT2D eigenvalue weighted by atomic mass is 16.2. The van der Waals surface area contributed by atoms with Gasteiger partial charge in [-0.3, -0.25) is 4.79 Å². The molecule has 1 aromatic carbocycles. The molecule has 0 aromatic heterocycles. The molecule has 0 aliphatic carbocycles. The summed E-state index contributed by atoms with van der Waals surface area (Å²) in [5.74, 6) is 0.0264. The Hall–Kier alpha value is -1.55. The normalized spacial score (nSPS) is 19.9. The smallest absolute Gasteiger partial charge is 0.243 e. The number of carbonyl (C=O) groups is 1. The van der Waals surface area contributed by atoms with Gasteiger partial charge in [-0.15, -0.1) is 0 Å². The molecule has 2 N–H and O–H groups in total. The summed E-state index contributed by atoms with van der Waals surface area (Å²) in [7, 11) is 4.01. The SMILES string of the molecule is Cc1ccc(N2CCC(N)C2=O)cc1N(C)C. The van der Waals surface area contributed by atoms with Crippen molar-refractivity contribution in [1.82, 2.24) is 0 Å². The van der Waals surface area contributed by atoms with Crippen molar-refractivity contribution in [3.05, 3.63) is 23.8 Å². The molecule has 4 heteroatoms. The fraction of sp³-hybridized carbons (Fsp3) is 0.462. The Morgan fingerprint density at radius 1 is 1.41 bits per heavy atom. The summed E-state index contributed by atoms with van der Waals surface area (Å²) >= 11 is 0. The van der Waals surface area contributed by atoms with Crippen molar-refractivity contribution in [3.8, 4) is 0 Å². The van der Waals surface area contributed by atoms with Crippen molar-refractivity contribution in [2.24, 2.45) is 5.73 Å². The molecule has 1 atom stereocenters. The highest BCUT2D eigenvalue weighted by Gasteiger charge is 2.29. The Labute approximate surface area is 102 Å². The molecule has 0 spiro atoms. The fourth-order valence-corrected chi connectivity index (χ4v) is 2.21. The van der Waals surface area contributed by atoms with Crippen LogP contribution in [0, 0.1) is 6.92 Å². The lowest BCUT2D eigenvalue weighted by Gasteiger charge is -2.21. The second-order valence-corrected chi connectivity index (χ2v) is 4.75. The molecule has 1 heterocycles. The lowest BCUT2D eigenvalue weighted by molar-refractivity contribution is -0.118. The summed E-state index contributed by atoms with van der Waals surface area (Å²) in [6.45, 7) is 2.78. The van der Waals surface area contributed by atoms with Crippen molar-refractivity contribution >= 4 is 17.3 Å². The van der Waals surface area contributed by atoms with Gasteiger partial charge in [-0.1, -0.05) is 6.07 Å². The van der Waals surface area contributed by atoms with Gasteiger partial charge in [-0.05, 0) is 31.0 Å². The second kappa shape index (κ2) is 4.37. The van der Waals surface area contributed by atoms with Crippen LogP contribution in [0.3, 0.4) is 0 Å². The number of amides is 1. The molecule has 2 rings (SSSR count). The van der Waals surface area contributed by atoms with Crippen LogP contribution in [0.5, 0.6) is 0 Å². The second-order valence-electron chi connectivity index (χ2n) is 4.75. The van der Waals surface area contributed by atoms with E-state index in [9.17, 15) is 4.79 Å². The first kappa shape index (κ1) is 11.9. The van der Waals surface area contributed by atoms with E-state index in [1.54, 1.807) is 4.90 Å². The third-order valence-corrected chi connectivity index (χ3v) is 3.23. The highest BCUT2D eigenvalue weighted by molar-refractivity contribution is 5.99. The van der Waals surface area contributed by atoms with Crippen LogP contribution in [-0.4, -0.2) is 32.6 Å². The molecular formula is C13H19N3O. The fourth-order valence-electron chi connectivity index (χ4n) is 2.21. The summed E-state index contributed by atoms with van der Waals surface area (Å²) < 4.78 is 0. The summed E-state index contributed by atoms with van der Waals surface area (Å²) in [6.07, 6.45) is 0.740. The van der Waals surface area contributed by atoms with E-state index < -0.39 is 0 Å². The standard InChI is InChI=1S/C13H19N3O/c1-9-4-5-10(8-12(9)15(2)3)16-7-6-11(14)13(16)17/h4-5,8,11H,6-7,14H2,1-3H3. The van der Waals surface area contributed by atoms with Gasteiger partial charge in [0.05, 0.1) is 6.04 Å². The largest absolute Gasteiger partial charge is 0.377 e. The van der Waals surface area contributed by atoms with Crippen molar-refractivity contribution < 1.29 is 4.79 Å². The average Bonchev–Trinajstić information content (AvgIpc) is 2.60. The van der Waals surface area contributed by atoms with Crippen molar-refractivity contribution in [3.63, 3.8) is 0 Å². The van der Waals surface area contributed by atoms with Gasteiger partial charge in [0.2, 0.25) is 5.91 Å². The molecule has 1 aromatic rings. The number of aryl methyl sites for hydroxylation is 1. The van der Waals surface area contributed by atoms with E-state index in [-0.39, 0.29) is 11.9 Å². The van der Waals surface area contributed by atoms with Gasteiger partial charge in [0.15, 0.2) is 0 Å². The van der Waals surface area contributed by atoms with Gasteiger partial charge < -0.3 is 15.5 Å². The molecule has 92 valence electrons. The van der Waals surface area contributed by atoms with Crippen LogP contribution in [0.4, 0.5) is 11.4 Å². The molecule has 1 aliphatic rings. The van der Waals surface area contributed by atoms with Gasteiger partial charge in [0, 0.05) is 32.0 Å². The molecule has 0 bridgehead atoms. The zero-order valence-electron chi connectivity index (χ0n) is 10.6. The lowest BCUT2D eigenvalue weighted by atomic mass is 10.1.